The first-order valence-electron chi connectivity index (χ1n) is 8.18. The normalized spacial score (nSPS) is 18.0. The molecular weight excluding hydrogens is 430 g/mol. The van der Waals surface area contributed by atoms with Gasteiger partial charge in [0.1, 0.15) is 11.0 Å². The highest BCUT2D eigenvalue weighted by Gasteiger charge is 2.37. The van der Waals surface area contributed by atoms with Gasteiger partial charge in [0.15, 0.2) is 5.17 Å². The molecule has 0 radical (unpaired) electrons. The van der Waals surface area contributed by atoms with E-state index in [1.807, 2.05) is 30.3 Å². The standard InChI is InChI=1S/C19H18BrN3O3S/c1-23-18(25)16(11-17(24)21-13-8-6-12(20)7-9-13)27-19(23)22-14-4-3-5-15(10-14)26-2/h3-10,16H,11H2,1-2H3,(H,21,24)/t16-/m1/s1. The van der Waals surface area contributed by atoms with Crippen LogP contribution in [0.15, 0.2) is 58.0 Å². The second kappa shape index (κ2) is 8.58. The van der Waals surface area contributed by atoms with E-state index in [1.54, 1.807) is 32.4 Å². The van der Waals surface area contributed by atoms with Gasteiger partial charge in [-0.3, -0.25) is 14.5 Å². The van der Waals surface area contributed by atoms with Gasteiger partial charge in [-0.15, -0.1) is 0 Å². The van der Waals surface area contributed by atoms with Crippen LogP contribution in [0.25, 0.3) is 0 Å². The summed E-state index contributed by atoms with van der Waals surface area (Å²) in [5.41, 5.74) is 1.38. The summed E-state index contributed by atoms with van der Waals surface area (Å²) in [7, 11) is 3.26. The number of aliphatic imine (C=N–C) groups is 1. The minimum atomic E-state index is -0.491. The molecule has 140 valence electrons. The molecule has 0 spiro atoms. The number of amidine groups is 1. The molecule has 1 heterocycles. The zero-order valence-corrected chi connectivity index (χ0v) is 17.2. The molecule has 6 nitrogen and oxygen atoms in total. The fourth-order valence-corrected chi connectivity index (χ4v) is 3.92. The van der Waals surface area contributed by atoms with Gasteiger partial charge in [0.2, 0.25) is 11.8 Å². The maximum Gasteiger partial charge on any atom is 0.242 e. The number of carbonyl (C=O) groups excluding carboxylic acids is 2. The summed E-state index contributed by atoms with van der Waals surface area (Å²) < 4.78 is 6.12. The highest BCUT2D eigenvalue weighted by Crippen LogP contribution is 2.31. The largest absolute Gasteiger partial charge is 0.497 e. The Morgan fingerprint density at radius 2 is 2.04 bits per heavy atom. The van der Waals surface area contributed by atoms with Gasteiger partial charge < -0.3 is 10.1 Å². The molecule has 1 aliphatic heterocycles. The fourth-order valence-electron chi connectivity index (χ4n) is 2.50. The topological polar surface area (TPSA) is 71.0 Å². The highest BCUT2D eigenvalue weighted by atomic mass is 79.9. The number of benzene rings is 2. The second-order valence-electron chi connectivity index (χ2n) is 5.86. The Morgan fingerprint density at radius 3 is 2.74 bits per heavy atom. The van der Waals surface area contributed by atoms with Crippen molar-refractivity contribution >= 4 is 56.0 Å². The third-order valence-corrected chi connectivity index (χ3v) is 5.67. The average Bonchev–Trinajstić information content (AvgIpc) is 2.91. The molecule has 2 aromatic rings. The first-order chi connectivity index (χ1) is 13.0. The number of anilines is 1. The molecule has 1 atom stereocenters. The summed E-state index contributed by atoms with van der Waals surface area (Å²) in [4.78, 5) is 30.8. The van der Waals surface area contributed by atoms with Gasteiger partial charge in [-0.05, 0) is 36.4 Å². The van der Waals surface area contributed by atoms with Crippen molar-refractivity contribution in [2.45, 2.75) is 11.7 Å². The molecule has 1 fully saturated rings. The first-order valence-corrected chi connectivity index (χ1v) is 9.86. The number of ether oxygens (including phenoxy) is 1. The molecule has 2 aromatic carbocycles. The Morgan fingerprint density at radius 1 is 1.30 bits per heavy atom. The predicted molar refractivity (Wildman–Crippen MR) is 112 cm³/mol. The van der Waals surface area contributed by atoms with Gasteiger partial charge in [-0.2, -0.15) is 0 Å². The number of methoxy groups -OCH3 is 1. The van der Waals surface area contributed by atoms with Gasteiger partial charge in [0.05, 0.1) is 12.8 Å². The number of rotatable bonds is 5. The molecule has 0 bridgehead atoms. The van der Waals surface area contributed by atoms with Crippen LogP contribution in [0.5, 0.6) is 5.75 Å². The quantitative estimate of drug-likeness (QED) is 0.750. The van der Waals surface area contributed by atoms with Crippen LogP contribution < -0.4 is 10.1 Å². The third kappa shape index (κ3) is 4.90. The highest BCUT2D eigenvalue weighted by molar-refractivity contribution is 9.10. The summed E-state index contributed by atoms with van der Waals surface area (Å²) >= 11 is 4.65. The summed E-state index contributed by atoms with van der Waals surface area (Å²) in [5.74, 6) is 0.353. The number of thioether (sulfide) groups is 1. The van der Waals surface area contributed by atoms with Crippen LogP contribution in [-0.2, 0) is 9.59 Å². The lowest BCUT2D eigenvalue weighted by molar-refractivity contribution is -0.127. The van der Waals surface area contributed by atoms with Gasteiger partial charge in [0.25, 0.3) is 0 Å². The Kier molecular flexibility index (Phi) is 6.18. The first kappa shape index (κ1) is 19.4. The second-order valence-corrected chi connectivity index (χ2v) is 7.94. The van der Waals surface area contributed by atoms with Crippen LogP contribution in [0.1, 0.15) is 6.42 Å². The van der Waals surface area contributed by atoms with Crippen molar-refractivity contribution in [2.24, 2.45) is 4.99 Å². The van der Waals surface area contributed by atoms with E-state index in [1.165, 1.54) is 16.7 Å². The van der Waals surface area contributed by atoms with Crippen LogP contribution >= 0.6 is 27.7 Å². The molecule has 1 saturated heterocycles. The van der Waals surface area contributed by atoms with E-state index < -0.39 is 5.25 Å². The van der Waals surface area contributed by atoms with E-state index in [4.69, 9.17) is 4.74 Å². The summed E-state index contributed by atoms with van der Waals surface area (Å²) in [5, 5.41) is 2.88. The zero-order chi connectivity index (χ0) is 19.4. The lowest BCUT2D eigenvalue weighted by Crippen LogP contribution is -2.30. The van der Waals surface area contributed by atoms with E-state index in [0.29, 0.717) is 22.3 Å². The van der Waals surface area contributed by atoms with Gasteiger partial charge >= 0.3 is 0 Å². The molecule has 0 aromatic heterocycles. The maximum atomic E-state index is 12.5. The fraction of sp³-hybridized carbons (Fsp3) is 0.211. The van der Waals surface area contributed by atoms with E-state index in [2.05, 4.69) is 26.2 Å². The number of halogens is 1. The molecule has 0 unspecified atom stereocenters. The maximum absolute atomic E-state index is 12.5. The minimum absolute atomic E-state index is 0.0844. The summed E-state index contributed by atoms with van der Waals surface area (Å²) in [6, 6.07) is 14.6. The predicted octanol–water partition coefficient (Wildman–Crippen LogP) is 4.05. The number of nitrogens with zero attached hydrogens (tertiary/aromatic N) is 2. The molecule has 2 amide bonds. The molecule has 3 rings (SSSR count). The molecular formula is C19H18BrN3O3S. The van der Waals surface area contributed by atoms with Crippen molar-refractivity contribution < 1.29 is 14.3 Å². The van der Waals surface area contributed by atoms with Gasteiger partial charge in [0, 0.05) is 29.7 Å². The van der Waals surface area contributed by atoms with Crippen molar-refractivity contribution in [3.8, 4) is 5.75 Å². The lowest BCUT2D eigenvalue weighted by Gasteiger charge is -2.09. The van der Waals surface area contributed by atoms with Crippen LogP contribution in [0.3, 0.4) is 0 Å². The van der Waals surface area contributed by atoms with E-state index >= 15 is 0 Å². The van der Waals surface area contributed by atoms with Crippen molar-refractivity contribution in [1.82, 2.24) is 4.90 Å². The number of nitrogens with one attached hydrogen (secondary N) is 1. The van der Waals surface area contributed by atoms with Crippen LogP contribution in [0.4, 0.5) is 11.4 Å². The van der Waals surface area contributed by atoms with Crippen molar-refractivity contribution in [1.29, 1.82) is 0 Å². The Balaban J connectivity index is 1.67. The van der Waals surface area contributed by atoms with Crippen molar-refractivity contribution in [3.63, 3.8) is 0 Å². The Hall–Kier alpha value is -2.32. The smallest absolute Gasteiger partial charge is 0.242 e. The van der Waals surface area contributed by atoms with Crippen LogP contribution in [0, 0.1) is 0 Å². The number of hydrogen-bond donors (Lipinski definition) is 1. The molecule has 0 saturated carbocycles. The Labute approximate surface area is 170 Å². The number of hydrogen-bond acceptors (Lipinski definition) is 5. The minimum Gasteiger partial charge on any atom is -0.497 e. The van der Waals surface area contributed by atoms with Gasteiger partial charge in [-0.25, -0.2) is 4.99 Å². The molecule has 27 heavy (non-hydrogen) atoms. The summed E-state index contributed by atoms with van der Waals surface area (Å²) in [6.45, 7) is 0. The van der Waals surface area contributed by atoms with E-state index in [-0.39, 0.29) is 18.2 Å². The lowest BCUT2D eigenvalue weighted by atomic mass is 10.2. The SMILES string of the molecule is COc1cccc(N=C2S[C@H](CC(=O)Nc3ccc(Br)cc3)C(=O)N2C)c1. The van der Waals surface area contributed by atoms with E-state index in [0.717, 1.165) is 4.47 Å². The van der Waals surface area contributed by atoms with Crippen molar-refractivity contribution in [2.75, 3.05) is 19.5 Å². The third-order valence-electron chi connectivity index (χ3n) is 3.92. The molecule has 1 aliphatic rings. The average molecular weight is 448 g/mol. The molecule has 1 N–H and O–H groups in total. The zero-order valence-electron chi connectivity index (χ0n) is 14.8. The molecule has 0 aliphatic carbocycles. The summed E-state index contributed by atoms with van der Waals surface area (Å²) in [6.07, 6.45) is 0.0844. The van der Waals surface area contributed by atoms with Crippen molar-refractivity contribution in [3.05, 3.63) is 53.0 Å². The number of carbonyl (C=O) groups is 2. The van der Waals surface area contributed by atoms with Crippen LogP contribution in [0.2, 0.25) is 0 Å². The number of amides is 2. The molecule has 8 heteroatoms. The Bertz CT molecular complexity index is 886. The van der Waals surface area contributed by atoms with Crippen LogP contribution in [-0.4, -0.2) is 41.3 Å². The monoisotopic (exact) mass is 447 g/mol. The van der Waals surface area contributed by atoms with Gasteiger partial charge in [-0.1, -0.05) is 33.8 Å². The van der Waals surface area contributed by atoms with E-state index in [9.17, 15) is 9.59 Å².